The average molecular weight is 414 g/mol. The molecule has 0 aliphatic carbocycles. The van der Waals surface area contributed by atoms with Crippen molar-refractivity contribution in [1.82, 2.24) is 9.97 Å². The zero-order valence-electron chi connectivity index (χ0n) is 14.2. The summed E-state index contributed by atoms with van der Waals surface area (Å²) in [7, 11) is 1.06. The summed E-state index contributed by atoms with van der Waals surface area (Å²) in [6, 6.07) is 3.22. The highest BCUT2D eigenvalue weighted by molar-refractivity contribution is 5.90. The van der Waals surface area contributed by atoms with Gasteiger partial charge in [0.25, 0.3) is 6.02 Å². The average Bonchev–Trinajstić information content (AvgIpc) is 2.66. The van der Waals surface area contributed by atoms with Gasteiger partial charge in [-0.15, -0.1) is 0 Å². The summed E-state index contributed by atoms with van der Waals surface area (Å²) < 4.78 is 82.7. The molecule has 7 nitrogen and oxygen atoms in total. The molecule has 0 aromatic carbocycles. The zero-order valence-corrected chi connectivity index (χ0v) is 14.2. The monoisotopic (exact) mass is 414 g/mol. The molecule has 0 unspecified atom stereocenters. The van der Waals surface area contributed by atoms with Crippen LogP contribution in [-0.2, 0) is 17.1 Å². The van der Waals surface area contributed by atoms with Crippen LogP contribution in [0.1, 0.15) is 22.5 Å². The van der Waals surface area contributed by atoms with E-state index in [2.05, 4.69) is 20.3 Å². The molecule has 0 radical (unpaired) electrons. The van der Waals surface area contributed by atoms with Gasteiger partial charge >= 0.3 is 12.4 Å². The number of alkyl halides is 6. The second-order valence-corrected chi connectivity index (χ2v) is 5.18. The summed E-state index contributed by atoms with van der Waals surface area (Å²) in [4.78, 5) is 10.4. The Morgan fingerprint density at radius 1 is 0.966 bits per heavy atom. The minimum absolute atomic E-state index is 0.283. The first-order valence-electron chi connectivity index (χ1n) is 7.34. The Morgan fingerprint density at radius 3 is 1.97 bits per heavy atom. The van der Waals surface area contributed by atoms with Gasteiger partial charge in [-0.3, -0.25) is 0 Å². The number of aromatic nitrogens is 2. The van der Waals surface area contributed by atoms with Gasteiger partial charge in [0.15, 0.2) is 11.4 Å². The molecule has 0 bridgehead atoms. The predicted octanol–water partition coefficient (Wildman–Crippen LogP) is 4.00. The summed E-state index contributed by atoms with van der Waals surface area (Å²) in [5.41, 5.74) is -5.04. The molecule has 0 fully saturated rings. The molecule has 2 aromatic heterocycles. The molecular formula is C16H8F6N6O. The van der Waals surface area contributed by atoms with Crippen LogP contribution < -0.4 is 5.32 Å². The fourth-order valence-electron chi connectivity index (χ4n) is 2.02. The Balaban J connectivity index is 2.42. The maximum Gasteiger partial charge on any atom is 0.419 e. The zero-order chi connectivity index (χ0) is 21.8. The highest BCUT2D eigenvalue weighted by atomic mass is 19.4. The Bertz CT molecular complexity index is 1030. The number of ether oxygens (including phenoxy) is 1. The summed E-state index contributed by atoms with van der Waals surface area (Å²) in [6.45, 7) is 0. The lowest BCUT2D eigenvalue weighted by Gasteiger charge is -2.12. The van der Waals surface area contributed by atoms with Gasteiger partial charge in [-0.2, -0.15) is 41.9 Å². The lowest BCUT2D eigenvalue weighted by atomic mass is 10.2. The smallest absolute Gasteiger partial charge is 0.419 e. The Morgan fingerprint density at radius 2 is 1.48 bits per heavy atom. The van der Waals surface area contributed by atoms with Gasteiger partial charge in [0, 0.05) is 0 Å². The molecule has 0 saturated carbocycles. The second-order valence-electron chi connectivity index (χ2n) is 5.18. The molecule has 1 N–H and O–H groups in total. The number of rotatable bonds is 2. The van der Waals surface area contributed by atoms with Crippen LogP contribution in [0, 0.1) is 22.7 Å². The Hall–Kier alpha value is -3.87. The summed E-state index contributed by atoms with van der Waals surface area (Å²) >= 11 is 0. The van der Waals surface area contributed by atoms with Crippen LogP contribution in [0.3, 0.4) is 0 Å². The maximum atomic E-state index is 13.0. The van der Waals surface area contributed by atoms with E-state index in [0.717, 1.165) is 19.5 Å². The van der Waals surface area contributed by atoms with E-state index in [1.54, 1.807) is 0 Å². The van der Waals surface area contributed by atoms with Crippen LogP contribution in [0.25, 0.3) is 0 Å². The third kappa shape index (κ3) is 5.10. The second kappa shape index (κ2) is 8.02. The third-order valence-electron chi connectivity index (χ3n) is 3.26. The molecule has 2 heterocycles. The van der Waals surface area contributed by atoms with E-state index in [4.69, 9.17) is 15.3 Å². The number of aliphatic imine (C=N–C) groups is 1. The normalized spacial score (nSPS) is 12.1. The summed E-state index contributed by atoms with van der Waals surface area (Å²) in [5, 5.41) is 19.8. The summed E-state index contributed by atoms with van der Waals surface area (Å²) in [5.74, 6) is 0. The van der Waals surface area contributed by atoms with Crippen molar-refractivity contribution in [1.29, 1.82) is 10.5 Å². The first-order valence-corrected chi connectivity index (χ1v) is 7.34. The Labute approximate surface area is 158 Å². The van der Waals surface area contributed by atoms with Gasteiger partial charge in [-0.1, -0.05) is 0 Å². The van der Waals surface area contributed by atoms with Gasteiger partial charge in [-0.05, 0) is 12.1 Å². The van der Waals surface area contributed by atoms with Crippen molar-refractivity contribution in [2.75, 3.05) is 12.4 Å². The van der Waals surface area contributed by atoms with Crippen LogP contribution in [-0.4, -0.2) is 23.1 Å². The lowest BCUT2D eigenvalue weighted by molar-refractivity contribution is -0.138. The number of nitrogens with one attached hydrogen (secondary N) is 1. The first kappa shape index (κ1) is 21.4. The van der Waals surface area contributed by atoms with Gasteiger partial charge in [0.2, 0.25) is 0 Å². The molecule has 0 spiro atoms. The quantitative estimate of drug-likeness (QED) is 0.452. The number of anilines is 1. The topological polar surface area (TPSA) is 107 Å². The van der Waals surface area contributed by atoms with E-state index < -0.39 is 40.9 Å². The number of pyridine rings is 2. The van der Waals surface area contributed by atoms with Crippen molar-refractivity contribution in [3.63, 3.8) is 0 Å². The molecule has 2 rings (SSSR count). The third-order valence-corrected chi connectivity index (χ3v) is 3.26. The van der Waals surface area contributed by atoms with Crippen molar-refractivity contribution in [2.24, 2.45) is 4.99 Å². The van der Waals surface area contributed by atoms with E-state index in [-0.39, 0.29) is 11.4 Å². The molecule has 2 aromatic rings. The fourth-order valence-corrected chi connectivity index (χ4v) is 2.02. The first-order chi connectivity index (χ1) is 13.5. The van der Waals surface area contributed by atoms with Crippen molar-refractivity contribution < 1.29 is 31.1 Å². The highest BCUT2D eigenvalue weighted by Gasteiger charge is 2.35. The number of hydrogen-bond acceptors (Lipinski definition) is 6. The standard InChI is InChI=1S/C16H8F6N6O/c1-29-14(27-8-2-10(15(17,18)19)12(4-23)25-6-8)28-9-3-11(16(20,21)22)13(5-24)26-7-9/h2-3,6-7H,1H3,(H,27,28). The highest BCUT2D eigenvalue weighted by Crippen LogP contribution is 2.34. The van der Waals surface area contributed by atoms with E-state index in [9.17, 15) is 26.3 Å². The largest absolute Gasteiger partial charge is 0.468 e. The van der Waals surface area contributed by atoms with Gasteiger partial charge < -0.3 is 10.1 Å². The number of halogens is 6. The molecule has 13 heteroatoms. The predicted molar refractivity (Wildman–Crippen MR) is 85.6 cm³/mol. The molecule has 0 saturated heterocycles. The van der Waals surface area contributed by atoms with E-state index in [1.165, 1.54) is 12.1 Å². The van der Waals surface area contributed by atoms with Crippen molar-refractivity contribution in [3.8, 4) is 12.1 Å². The molecule has 29 heavy (non-hydrogen) atoms. The van der Waals surface area contributed by atoms with E-state index >= 15 is 0 Å². The number of amidine groups is 1. The minimum atomic E-state index is -4.87. The molecular weight excluding hydrogens is 406 g/mol. The van der Waals surface area contributed by atoms with Gasteiger partial charge in [0.05, 0.1) is 42.0 Å². The lowest BCUT2D eigenvalue weighted by Crippen LogP contribution is -2.16. The molecule has 0 atom stereocenters. The molecule has 0 amide bonds. The minimum Gasteiger partial charge on any atom is -0.468 e. The maximum absolute atomic E-state index is 13.0. The summed E-state index contributed by atoms with van der Waals surface area (Å²) in [6.07, 6.45) is -7.99. The van der Waals surface area contributed by atoms with E-state index in [1.807, 2.05) is 0 Å². The molecule has 0 aliphatic rings. The van der Waals surface area contributed by atoms with Crippen LogP contribution in [0.5, 0.6) is 0 Å². The number of nitriles is 2. The van der Waals surface area contributed by atoms with Crippen molar-refractivity contribution >= 4 is 17.4 Å². The number of nitrogens with zero attached hydrogens (tertiary/aromatic N) is 5. The van der Waals surface area contributed by atoms with Crippen LogP contribution >= 0.6 is 0 Å². The van der Waals surface area contributed by atoms with Crippen LogP contribution in [0.4, 0.5) is 37.7 Å². The van der Waals surface area contributed by atoms with Crippen molar-refractivity contribution in [3.05, 3.63) is 47.0 Å². The van der Waals surface area contributed by atoms with Gasteiger partial charge in [-0.25, -0.2) is 9.97 Å². The van der Waals surface area contributed by atoms with Crippen LogP contribution in [0.2, 0.25) is 0 Å². The molecule has 0 aliphatic heterocycles. The Kier molecular flexibility index (Phi) is 5.92. The number of methoxy groups -OCH3 is 1. The van der Waals surface area contributed by atoms with Gasteiger partial charge in [0.1, 0.15) is 12.1 Å². The number of hydrogen-bond donors (Lipinski definition) is 1. The van der Waals surface area contributed by atoms with Crippen LogP contribution in [0.15, 0.2) is 29.5 Å². The SMILES string of the molecule is COC(=Nc1cnc(C#N)c(C(F)(F)F)c1)Nc1cnc(C#N)c(C(F)(F)F)c1. The van der Waals surface area contributed by atoms with E-state index in [0.29, 0.717) is 12.1 Å². The fraction of sp³-hybridized carbons (Fsp3) is 0.188. The molecule has 150 valence electrons. The van der Waals surface area contributed by atoms with Crippen molar-refractivity contribution in [2.45, 2.75) is 12.4 Å².